The first-order valence-electron chi connectivity index (χ1n) is 9.20. The standard InChI is InChI=1S/C21H27N3O2/c1-16-9-11-24(14-16)20-13-18(8-10-22-20)21(25)23-19(15-26-2)12-17-6-4-3-5-7-17/h3-8,10,13,16,19H,9,11-12,14-15H2,1-2H3,(H,23,25). The summed E-state index contributed by atoms with van der Waals surface area (Å²) in [5, 5.41) is 3.10. The summed E-state index contributed by atoms with van der Waals surface area (Å²) < 4.78 is 5.29. The molecule has 3 rings (SSSR count). The van der Waals surface area contributed by atoms with Gasteiger partial charge in [0.2, 0.25) is 0 Å². The first-order chi connectivity index (χ1) is 12.7. The SMILES string of the molecule is COCC(Cc1ccccc1)NC(=O)c1ccnc(N2CCC(C)C2)c1. The molecule has 5 nitrogen and oxygen atoms in total. The van der Waals surface area contributed by atoms with Gasteiger partial charge in [-0.15, -0.1) is 0 Å². The van der Waals surface area contributed by atoms with Crippen LogP contribution in [0.3, 0.4) is 0 Å². The van der Waals surface area contributed by atoms with Gasteiger partial charge in [-0.05, 0) is 36.5 Å². The van der Waals surface area contributed by atoms with E-state index >= 15 is 0 Å². The van der Waals surface area contributed by atoms with Gasteiger partial charge in [0.1, 0.15) is 5.82 Å². The normalized spacial score (nSPS) is 17.9. The molecule has 26 heavy (non-hydrogen) atoms. The van der Waals surface area contributed by atoms with E-state index in [4.69, 9.17) is 4.74 Å². The van der Waals surface area contributed by atoms with Crippen LogP contribution in [0, 0.1) is 5.92 Å². The topological polar surface area (TPSA) is 54.5 Å². The number of pyridine rings is 1. The Labute approximate surface area is 155 Å². The molecule has 0 spiro atoms. The highest BCUT2D eigenvalue weighted by molar-refractivity contribution is 5.95. The predicted octanol–water partition coefficient (Wildman–Crippen LogP) is 2.92. The number of hydrogen-bond donors (Lipinski definition) is 1. The second-order valence-electron chi connectivity index (χ2n) is 7.06. The fraction of sp³-hybridized carbons (Fsp3) is 0.429. The Morgan fingerprint density at radius 3 is 2.85 bits per heavy atom. The van der Waals surface area contributed by atoms with Crippen molar-refractivity contribution in [3.8, 4) is 0 Å². The number of nitrogens with zero attached hydrogens (tertiary/aromatic N) is 2. The number of methoxy groups -OCH3 is 1. The summed E-state index contributed by atoms with van der Waals surface area (Å²) in [6, 6.07) is 13.7. The molecule has 1 aromatic carbocycles. The van der Waals surface area contributed by atoms with Crippen molar-refractivity contribution < 1.29 is 9.53 Å². The van der Waals surface area contributed by atoms with Crippen molar-refractivity contribution >= 4 is 11.7 Å². The molecule has 2 heterocycles. The van der Waals surface area contributed by atoms with Crippen LogP contribution in [0.5, 0.6) is 0 Å². The maximum atomic E-state index is 12.7. The van der Waals surface area contributed by atoms with E-state index in [1.165, 1.54) is 12.0 Å². The number of nitrogens with one attached hydrogen (secondary N) is 1. The molecular formula is C21H27N3O2. The molecule has 1 aromatic heterocycles. The van der Waals surface area contributed by atoms with Crippen molar-refractivity contribution in [1.29, 1.82) is 0 Å². The van der Waals surface area contributed by atoms with Gasteiger partial charge in [-0.2, -0.15) is 0 Å². The van der Waals surface area contributed by atoms with E-state index in [2.05, 4.69) is 34.3 Å². The average Bonchev–Trinajstić information content (AvgIpc) is 3.09. The number of anilines is 1. The second kappa shape index (κ2) is 8.81. The number of carbonyl (C=O) groups excluding carboxylic acids is 1. The lowest BCUT2D eigenvalue weighted by Gasteiger charge is -2.20. The quantitative estimate of drug-likeness (QED) is 0.832. The van der Waals surface area contributed by atoms with Gasteiger partial charge in [-0.1, -0.05) is 37.3 Å². The van der Waals surface area contributed by atoms with Gasteiger partial charge in [0.25, 0.3) is 5.91 Å². The maximum Gasteiger partial charge on any atom is 0.251 e. The second-order valence-corrected chi connectivity index (χ2v) is 7.06. The van der Waals surface area contributed by atoms with E-state index in [-0.39, 0.29) is 11.9 Å². The first kappa shape index (κ1) is 18.4. The van der Waals surface area contributed by atoms with Gasteiger partial charge >= 0.3 is 0 Å². The van der Waals surface area contributed by atoms with Crippen LogP contribution in [-0.4, -0.2) is 43.7 Å². The molecule has 0 bridgehead atoms. The summed E-state index contributed by atoms with van der Waals surface area (Å²) in [6.45, 7) is 4.72. The lowest BCUT2D eigenvalue weighted by atomic mass is 10.1. The lowest BCUT2D eigenvalue weighted by Crippen LogP contribution is -2.39. The van der Waals surface area contributed by atoms with E-state index in [0.717, 1.165) is 25.3 Å². The molecule has 0 saturated carbocycles. The molecule has 2 unspecified atom stereocenters. The Morgan fingerprint density at radius 1 is 1.35 bits per heavy atom. The Hall–Kier alpha value is -2.40. The molecule has 1 aliphatic rings. The third-order valence-electron chi connectivity index (χ3n) is 4.78. The molecular weight excluding hydrogens is 326 g/mol. The predicted molar refractivity (Wildman–Crippen MR) is 104 cm³/mol. The number of aromatic nitrogens is 1. The summed E-state index contributed by atoms with van der Waals surface area (Å²) in [5.74, 6) is 1.47. The Kier molecular flexibility index (Phi) is 6.23. The van der Waals surface area contributed by atoms with Crippen molar-refractivity contribution in [2.24, 2.45) is 5.92 Å². The monoisotopic (exact) mass is 353 g/mol. The minimum absolute atomic E-state index is 0.0710. The summed E-state index contributed by atoms with van der Waals surface area (Å²) in [4.78, 5) is 19.4. The molecule has 1 N–H and O–H groups in total. The van der Waals surface area contributed by atoms with Crippen molar-refractivity contribution in [1.82, 2.24) is 10.3 Å². The highest BCUT2D eigenvalue weighted by Gasteiger charge is 2.21. The van der Waals surface area contributed by atoms with E-state index in [1.54, 1.807) is 19.4 Å². The molecule has 1 aliphatic heterocycles. The minimum atomic E-state index is -0.0844. The van der Waals surface area contributed by atoms with Gasteiger partial charge in [0.15, 0.2) is 0 Å². The Balaban J connectivity index is 1.67. The number of ether oxygens (including phenoxy) is 1. The third-order valence-corrected chi connectivity index (χ3v) is 4.78. The van der Waals surface area contributed by atoms with Crippen LogP contribution in [-0.2, 0) is 11.2 Å². The molecule has 1 fully saturated rings. The molecule has 0 aliphatic carbocycles. The van der Waals surface area contributed by atoms with Crippen molar-refractivity contribution in [3.63, 3.8) is 0 Å². The lowest BCUT2D eigenvalue weighted by molar-refractivity contribution is 0.0897. The number of amides is 1. The van der Waals surface area contributed by atoms with E-state index < -0.39 is 0 Å². The average molecular weight is 353 g/mol. The zero-order chi connectivity index (χ0) is 18.4. The van der Waals surface area contributed by atoms with Crippen LogP contribution in [0.2, 0.25) is 0 Å². The molecule has 0 radical (unpaired) electrons. The van der Waals surface area contributed by atoms with E-state index in [9.17, 15) is 4.79 Å². The summed E-state index contributed by atoms with van der Waals surface area (Å²) in [7, 11) is 1.66. The Bertz CT molecular complexity index is 720. The van der Waals surface area contributed by atoms with Crippen molar-refractivity contribution in [2.45, 2.75) is 25.8 Å². The van der Waals surface area contributed by atoms with E-state index in [1.807, 2.05) is 24.3 Å². The van der Waals surface area contributed by atoms with Crippen LogP contribution in [0.4, 0.5) is 5.82 Å². The zero-order valence-electron chi connectivity index (χ0n) is 15.5. The summed E-state index contributed by atoms with van der Waals surface area (Å²) in [5.41, 5.74) is 1.82. The molecule has 1 amide bonds. The number of rotatable bonds is 7. The van der Waals surface area contributed by atoms with Gasteiger partial charge in [0, 0.05) is 32.0 Å². The van der Waals surface area contributed by atoms with Gasteiger partial charge in [-0.25, -0.2) is 4.98 Å². The fourth-order valence-corrected chi connectivity index (χ4v) is 3.40. The number of hydrogen-bond acceptors (Lipinski definition) is 4. The zero-order valence-corrected chi connectivity index (χ0v) is 15.5. The summed E-state index contributed by atoms with van der Waals surface area (Å²) in [6.07, 6.45) is 3.63. The summed E-state index contributed by atoms with van der Waals surface area (Å²) >= 11 is 0. The van der Waals surface area contributed by atoms with Crippen LogP contribution in [0.15, 0.2) is 48.7 Å². The van der Waals surface area contributed by atoms with Gasteiger partial charge in [0.05, 0.1) is 12.6 Å². The largest absolute Gasteiger partial charge is 0.383 e. The van der Waals surface area contributed by atoms with Crippen molar-refractivity contribution in [3.05, 3.63) is 59.8 Å². The maximum absolute atomic E-state index is 12.7. The van der Waals surface area contributed by atoms with Crippen LogP contribution >= 0.6 is 0 Å². The first-order valence-corrected chi connectivity index (χ1v) is 9.20. The molecule has 138 valence electrons. The highest BCUT2D eigenvalue weighted by atomic mass is 16.5. The fourth-order valence-electron chi connectivity index (χ4n) is 3.40. The molecule has 2 aromatic rings. The van der Waals surface area contributed by atoms with Crippen LogP contribution in [0.1, 0.15) is 29.3 Å². The molecule has 1 saturated heterocycles. The number of carbonyl (C=O) groups is 1. The van der Waals surface area contributed by atoms with Crippen LogP contribution in [0.25, 0.3) is 0 Å². The molecule has 5 heteroatoms. The molecule has 2 atom stereocenters. The smallest absolute Gasteiger partial charge is 0.251 e. The minimum Gasteiger partial charge on any atom is -0.383 e. The Morgan fingerprint density at radius 2 is 2.15 bits per heavy atom. The third kappa shape index (κ3) is 4.82. The van der Waals surface area contributed by atoms with Crippen molar-refractivity contribution in [2.75, 3.05) is 31.7 Å². The van der Waals surface area contributed by atoms with Gasteiger partial charge in [-0.3, -0.25) is 4.79 Å². The number of benzene rings is 1. The van der Waals surface area contributed by atoms with Gasteiger partial charge < -0.3 is 15.0 Å². The van der Waals surface area contributed by atoms with E-state index in [0.29, 0.717) is 18.1 Å². The van der Waals surface area contributed by atoms with Crippen LogP contribution < -0.4 is 10.2 Å². The highest BCUT2D eigenvalue weighted by Crippen LogP contribution is 2.22.